The Morgan fingerprint density at radius 1 is 1.21 bits per heavy atom. The maximum Gasteiger partial charge on any atom is 0.255 e. The van der Waals surface area contributed by atoms with E-state index >= 15 is 0 Å². The molecule has 0 bridgehead atoms. The number of nitrogens with zero attached hydrogens (tertiary/aromatic N) is 2. The van der Waals surface area contributed by atoms with E-state index in [-0.39, 0.29) is 35.4 Å². The van der Waals surface area contributed by atoms with Gasteiger partial charge in [0.05, 0.1) is 17.3 Å². The third-order valence-corrected chi connectivity index (χ3v) is 7.14. The van der Waals surface area contributed by atoms with Gasteiger partial charge in [0.15, 0.2) is 11.4 Å². The van der Waals surface area contributed by atoms with Gasteiger partial charge in [0.2, 0.25) is 5.78 Å². The highest BCUT2D eigenvalue weighted by Gasteiger charge is 2.64. The lowest BCUT2D eigenvalue weighted by Crippen LogP contribution is -2.65. The Labute approximate surface area is 194 Å². The van der Waals surface area contributed by atoms with E-state index in [1.165, 1.54) is 38.1 Å². The molecule has 11 nitrogen and oxygen atoms in total. The van der Waals surface area contributed by atoms with Crippen LogP contribution in [0.3, 0.4) is 0 Å². The number of rotatable bonds is 3. The number of benzene rings is 1. The zero-order valence-corrected chi connectivity index (χ0v) is 18.7. The first kappa shape index (κ1) is 23.5. The summed E-state index contributed by atoms with van der Waals surface area (Å²) in [5.41, 5.74) is 2.55. The average Bonchev–Trinajstić information content (AvgIpc) is 2.75. The number of Topliss-reactive ketones (excluding diaryl/α,β-unsaturated/α-hetero) is 2. The van der Waals surface area contributed by atoms with E-state index in [9.17, 15) is 40.0 Å². The summed E-state index contributed by atoms with van der Waals surface area (Å²) < 4.78 is 0. The fourth-order valence-electron chi connectivity index (χ4n) is 5.64. The molecule has 4 unspecified atom stereocenters. The minimum atomic E-state index is -2.68. The fraction of sp³-hybridized carbons (Fsp3) is 0.391. The smallest absolute Gasteiger partial charge is 0.255 e. The number of likely N-dealkylation sites (N-methyl/N-ethyl adjacent to an activating group) is 1. The van der Waals surface area contributed by atoms with Crippen molar-refractivity contribution in [2.24, 2.45) is 22.7 Å². The van der Waals surface area contributed by atoms with Crippen LogP contribution in [0.5, 0.6) is 5.75 Å². The van der Waals surface area contributed by atoms with Crippen molar-refractivity contribution in [2.45, 2.75) is 31.4 Å². The van der Waals surface area contributed by atoms with Crippen LogP contribution in [-0.4, -0.2) is 79.5 Å². The summed E-state index contributed by atoms with van der Waals surface area (Å²) in [6.07, 6.45) is 0.0985. The Morgan fingerprint density at radius 3 is 2.41 bits per heavy atom. The lowest BCUT2D eigenvalue weighted by molar-refractivity contribution is -0.153. The Hall–Kier alpha value is -3.70. The molecule has 3 aliphatic carbocycles. The Morgan fingerprint density at radius 2 is 1.85 bits per heavy atom. The SMILES string of the molecule is C/C(=N/O)c1ccc(O)c2c1CC1CC3C(N(C)C)C(=O)C(C(N)=O)=C(O)C3(O)C(=O)C1=C2O. The highest BCUT2D eigenvalue weighted by molar-refractivity contribution is 6.24. The minimum Gasteiger partial charge on any atom is -0.508 e. The molecule has 1 saturated carbocycles. The van der Waals surface area contributed by atoms with Crippen LogP contribution in [0.15, 0.2) is 34.2 Å². The number of aliphatic hydroxyl groups excluding tert-OH is 2. The molecule has 34 heavy (non-hydrogen) atoms. The number of nitrogens with two attached hydrogens (primary N) is 1. The maximum absolute atomic E-state index is 13.7. The number of hydrogen-bond donors (Lipinski definition) is 6. The average molecular weight is 471 g/mol. The molecule has 0 aliphatic heterocycles. The van der Waals surface area contributed by atoms with E-state index in [0.717, 1.165) is 0 Å². The quantitative estimate of drug-likeness (QED) is 0.154. The van der Waals surface area contributed by atoms with Crippen LogP contribution in [0.1, 0.15) is 30.0 Å². The molecule has 11 heteroatoms. The number of aromatic hydroxyl groups is 1. The molecule has 1 fully saturated rings. The number of carbonyl (C=O) groups is 3. The normalized spacial score (nSPS) is 29.2. The summed E-state index contributed by atoms with van der Waals surface area (Å²) in [7, 11) is 3.06. The van der Waals surface area contributed by atoms with E-state index in [0.29, 0.717) is 11.1 Å². The third kappa shape index (κ3) is 2.90. The van der Waals surface area contributed by atoms with Crippen LogP contribution >= 0.6 is 0 Å². The van der Waals surface area contributed by atoms with Gasteiger partial charge in [-0.3, -0.25) is 19.3 Å². The zero-order chi connectivity index (χ0) is 25.3. The predicted molar refractivity (Wildman–Crippen MR) is 118 cm³/mol. The van der Waals surface area contributed by atoms with Crippen molar-refractivity contribution in [1.82, 2.24) is 4.90 Å². The second-order valence-corrected chi connectivity index (χ2v) is 9.13. The Balaban J connectivity index is 2.00. The van der Waals surface area contributed by atoms with Gasteiger partial charge >= 0.3 is 0 Å². The number of amides is 1. The van der Waals surface area contributed by atoms with Gasteiger partial charge in [-0.1, -0.05) is 5.16 Å². The first-order valence-corrected chi connectivity index (χ1v) is 10.6. The van der Waals surface area contributed by atoms with E-state index in [4.69, 9.17) is 5.73 Å². The van der Waals surface area contributed by atoms with E-state index in [1.807, 2.05) is 0 Å². The lowest BCUT2D eigenvalue weighted by atomic mass is 9.57. The molecular formula is C23H25N3O8. The van der Waals surface area contributed by atoms with Crippen LogP contribution in [0.2, 0.25) is 0 Å². The molecule has 4 rings (SSSR count). The van der Waals surface area contributed by atoms with Crippen molar-refractivity contribution < 1.29 is 40.0 Å². The van der Waals surface area contributed by atoms with Crippen molar-refractivity contribution in [2.75, 3.05) is 14.1 Å². The maximum atomic E-state index is 13.7. The lowest BCUT2D eigenvalue weighted by Gasteiger charge is -2.50. The third-order valence-electron chi connectivity index (χ3n) is 7.14. The van der Waals surface area contributed by atoms with Crippen molar-refractivity contribution in [3.63, 3.8) is 0 Å². The summed E-state index contributed by atoms with van der Waals surface area (Å²) in [4.78, 5) is 40.1. The standard InChI is InChI=1S/C23H25N3O8/c1-8(25-34)10-4-5-13(27)15-11(10)6-9-7-12-17(26(2)3)19(29)16(22(24)32)21(31)23(12,33)20(30)14(9)18(15)28/h4-5,9,12,17,27-28,31,33-34H,6-7H2,1-3H3,(H2,24,32)/b25-8-. The number of phenols is 1. The molecule has 180 valence electrons. The van der Waals surface area contributed by atoms with Crippen LogP contribution in [0.4, 0.5) is 0 Å². The van der Waals surface area contributed by atoms with Gasteiger partial charge in [0, 0.05) is 17.1 Å². The first-order chi connectivity index (χ1) is 15.9. The topological polar surface area (TPSA) is 194 Å². The number of aliphatic hydroxyl groups is 3. The number of hydrogen-bond acceptors (Lipinski definition) is 10. The molecular weight excluding hydrogens is 446 g/mol. The molecule has 0 radical (unpaired) electrons. The van der Waals surface area contributed by atoms with Gasteiger partial charge in [-0.2, -0.15) is 0 Å². The summed E-state index contributed by atoms with van der Waals surface area (Å²) in [5, 5.41) is 56.3. The number of carbonyl (C=O) groups excluding carboxylic acids is 3. The van der Waals surface area contributed by atoms with E-state index < -0.39 is 58.0 Å². The van der Waals surface area contributed by atoms with Crippen molar-refractivity contribution in [1.29, 1.82) is 0 Å². The van der Waals surface area contributed by atoms with Crippen molar-refractivity contribution >= 4 is 28.9 Å². The molecule has 1 aromatic carbocycles. The van der Waals surface area contributed by atoms with Crippen LogP contribution in [0, 0.1) is 11.8 Å². The van der Waals surface area contributed by atoms with Gasteiger partial charge in [-0.05, 0) is 57.5 Å². The van der Waals surface area contributed by atoms with Crippen molar-refractivity contribution in [3.05, 3.63) is 45.7 Å². The van der Waals surface area contributed by atoms with Crippen molar-refractivity contribution in [3.8, 4) is 5.75 Å². The zero-order valence-electron chi connectivity index (χ0n) is 18.7. The summed E-state index contributed by atoms with van der Waals surface area (Å²) in [6, 6.07) is 1.64. The van der Waals surface area contributed by atoms with Crippen LogP contribution in [-0.2, 0) is 20.8 Å². The number of phenolic OH excluding ortho intramolecular Hbond substituents is 1. The molecule has 1 amide bonds. The van der Waals surface area contributed by atoms with Crippen LogP contribution in [0.25, 0.3) is 5.76 Å². The summed E-state index contributed by atoms with van der Waals surface area (Å²) in [6.45, 7) is 1.53. The minimum absolute atomic E-state index is 0.0177. The molecule has 4 atom stereocenters. The molecule has 3 aliphatic rings. The first-order valence-electron chi connectivity index (χ1n) is 10.6. The molecule has 0 heterocycles. The molecule has 0 saturated heterocycles. The molecule has 1 aromatic rings. The largest absolute Gasteiger partial charge is 0.508 e. The van der Waals surface area contributed by atoms with Gasteiger partial charge in [-0.15, -0.1) is 0 Å². The highest BCUT2D eigenvalue weighted by atomic mass is 16.4. The van der Waals surface area contributed by atoms with Gasteiger partial charge in [-0.25, -0.2) is 0 Å². The van der Waals surface area contributed by atoms with Gasteiger partial charge in [0.1, 0.15) is 22.8 Å². The van der Waals surface area contributed by atoms with E-state index in [2.05, 4.69) is 5.16 Å². The fourth-order valence-corrected chi connectivity index (χ4v) is 5.64. The van der Waals surface area contributed by atoms with E-state index in [1.54, 1.807) is 0 Å². The molecule has 7 N–H and O–H groups in total. The summed E-state index contributed by atoms with van der Waals surface area (Å²) >= 11 is 0. The second-order valence-electron chi connectivity index (χ2n) is 9.13. The number of fused-ring (bicyclic) bond motifs is 3. The predicted octanol–water partition coefficient (Wildman–Crippen LogP) is 0.162. The summed E-state index contributed by atoms with van der Waals surface area (Å²) in [5.74, 6) is -7.10. The monoisotopic (exact) mass is 471 g/mol. The Kier molecular flexibility index (Phi) is 5.29. The molecule has 0 aromatic heterocycles. The van der Waals surface area contributed by atoms with Gasteiger partial charge in [0.25, 0.3) is 5.91 Å². The number of primary amides is 1. The highest BCUT2D eigenvalue weighted by Crippen LogP contribution is 2.52. The van der Waals surface area contributed by atoms with Crippen LogP contribution < -0.4 is 5.73 Å². The van der Waals surface area contributed by atoms with Gasteiger partial charge < -0.3 is 31.4 Å². The Bertz CT molecular complexity index is 1240. The second kappa shape index (κ2) is 7.67. The number of ketones is 2. The molecule has 0 spiro atoms. The number of oxime groups is 1.